The van der Waals surface area contributed by atoms with Crippen molar-refractivity contribution >= 4 is 15.9 Å². The third kappa shape index (κ3) is 2.32. The van der Waals surface area contributed by atoms with E-state index >= 15 is 0 Å². The van der Waals surface area contributed by atoms with Gasteiger partial charge in [0.1, 0.15) is 0 Å². The predicted molar refractivity (Wildman–Crippen MR) is 67.1 cm³/mol. The van der Waals surface area contributed by atoms with Gasteiger partial charge in [-0.25, -0.2) is 4.68 Å². The molecule has 2 aromatic rings. The molecule has 0 unspecified atom stereocenters. The smallest absolute Gasteiger partial charge is 0.0809 e. The highest BCUT2D eigenvalue weighted by atomic mass is 79.9. The van der Waals surface area contributed by atoms with Crippen LogP contribution in [0.5, 0.6) is 0 Å². The number of nitrogens with zero attached hydrogens (tertiary/aromatic N) is 3. The highest BCUT2D eigenvalue weighted by Gasteiger charge is 2.18. The molecule has 0 radical (unpaired) electrons. The number of rotatable bonds is 3. The molecule has 0 amide bonds. The Morgan fingerprint density at radius 2 is 1.88 bits per heavy atom. The summed E-state index contributed by atoms with van der Waals surface area (Å²) in [4.78, 5) is 0. The van der Waals surface area contributed by atoms with Crippen LogP contribution in [0.2, 0.25) is 0 Å². The molecule has 84 valence electrons. The Hall–Kier alpha value is -1.16. The van der Waals surface area contributed by atoms with Crippen LogP contribution in [0.3, 0.4) is 0 Å². The number of benzene rings is 1. The summed E-state index contributed by atoms with van der Waals surface area (Å²) in [6, 6.07) is 8.60. The molecule has 3 nitrogen and oxygen atoms in total. The van der Waals surface area contributed by atoms with Crippen LogP contribution in [0.1, 0.15) is 25.5 Å². The Balaban J connectivity index is 2.37. The molecule has 1 aromatic carbocycles. The largest absolute Gasteiger partial charge is 0.245 e. The minimum atomic E-state index is 0.246. The Bertz CT molecular complexity index is 434. The van der Waals surface area contributed by atoms with Gasteiger partial charge in [0, 0.05) is 10.7 Å². The van der Waals surface area contributed by atoms with Crippen molar-refractivity contribution in [3.05, 3.63) is 46.7 Å². The third-order valence-corrected chi connectivity index (χ3v) is 3.10. The van der Waals surface area contributed by atoms with E-state index < -0.39 is 0 Å². The van der Waals surface area contributed by atoms with Gasteiger partial charge in [0.05, 0.1) is 12.2 Å². The number of hydrogen-bond donors (Lipinski definition) is 0. The molecule has 2 rings (SSSR count). The quantitative estimate of drug-likeness (QED) is 0.863. The van der Waals surface area contributed by atoms with Crippen LogP contribution in [0.4, 0.5) is 0 Å². The number of hydrogen-bond acceptors (Lipinski definition) is 2. The van der Waals surface area contributed by atoms with Crippen LogP contribution in [0, 0.1) is 5.92 Å². The Labute approximate surface area is 104 Å². The van der Waals surface area contributed by atoms with Crippen molar-refractivity contribution in [1.82, 2.24) is 15.0 Å². The Morgan fingerprint density at radius 1 is 1.19 bits per heavy atom. The maximum absolute atomic E-state index is 4.09. The van der Waals surface area contributed by atoms with E-state index in [4.69, 9.17) is 0 Å². The second kappa shape index (κ2) is 4.78. The minimum Gasteiger partial charge on any atom is -0.245 e. The molecule has 0 bridgehead atoms. The molecule has 1 aromatic heterocycles. The summed E-state index contributed by atoms with van der Waals surface area (Å²) in [5, 5.41) is 7.96. The van der Waals surface area contributed by atoms with Gasteiger partial charge in [-0.3, -0.25) is 0 Å². The molecule has 0 spiro atoms. The zero-order valence-corrected chi connectivity index (χ0v) is 10.9. The van der Waals surface area contributed by atoms with E-state index in [-0.39, 0.29) is 6.04 Å². The van der Waals surface area contributed by atoms with Crippen LogP contribution >= 0.6 is 15.9 Å². The molecular weight excluding hydrogens is 266 g/mol. The minimum absolute atomic E-state index is 0.246. The molecule has 0 saturated carbocycles. The SMILES string of the molecule is CC(C)[C@H](c1ccc(Br)cc1)n1ccnn1. The van der Waals surface area contributed by atoms with Crippen molar-refractivity contribution in [3.8, 4) is 0 Å². The second-order valence-electron chi connectivity index (χ2n) is 4.12. The monoisotopic (exact) mass is 279 g/mol. The maximum atomic E-state index is 4.09. The molecule has 1 heterocycles. The lowest BCUT2D eigenvalue weighted by Gasteiger charge is -2.21. The van der Waals surface area contributed by atoms with E-state index in [2.05, 4.69) is 64.4 Å². The van der Waals surface area contributed by atoms with Crippen molar-refractivity contribution in [2.24, 2.45) is 5.92 Å². The lowest BCUT2D eigenvalue weighted by atomic mass is 9.96. The predicted octanol–water partition coefficient (Wildman–Crippen LogP) is 3.29. The average Bonchev–Trinajstić information content (AvgIpc) is 2.74. The lowest BCUT2D eigenvalue weighted by molar-refractivity contribution is 0.394. The van der Waals surface area contributed by atoms with Crippen LogP contribution in [0.15, 0.2) is 41.1 Å². The van der Waals surface area contributed by atoms with Crippen molar-refractivity contribution in [2.45, 2.75) is 19.9 Å². The summed E-state index contributed by atoms with van der Waals surface area (Å²) in [5.41, 5.74) is 1.25. The van der Waals surface area contributed by atoms with E-state index in [1.807, 2.05) is 10.9 Å². The first-order chi connectivity index (χ1) is 7.68. The standard InChI is InChI=1S/C12H14BrN3/c1-9(2)12(16-8-7-14-15-16)10-3-5-11(13)6-4-10/h3-9,12H,1-2H3/t12-/m1/s1. The van der Waals surface area contributed by atoms with Crippen LogP contribution in [0.25, 0.3) is 0 Å². The molecule has 0 fully saturated rings. The van der Waals surface area contributed by atoms with Gasteiger partial charge in [-0.1, -0.05) is 47.1 Å². The number of aromatic nitrogens is 3. The fraction of sp³-hybridized carbons (Fsp3) is 0.333. The first-order valence-electron chi connectivity index (χ1n) is 5.29. The molecule has 16 heavy (non-hydrogen) atoms. The zero-order valence-electron chi connectivity index (χ0n) is 9.34. The highest BCUT2D eigenvalue weighted by molar-refractivity contribution is 9.10. The summed E-state index contributed by atoms with van der Waals surface area (Å²) in [7, 11) is 0. The first kappa shape index (κ1) is 11.3. The maximum Gasteiger partial charge on any atom is 0.0809 e. The van der Waals surface area contributed by atoms with E-state index in [0.29, 0.717) is 5.92 Å². The van der Waals surface area contributed by atoms with Crippen molar-refractivity contribution in [1.29, 1.82) is 0 Å². The first-order valence-corrected chi connectivity index (χ1v) is 6.09. The molecular formula is C12H14BrN3. The van der Waals surface area contributed by atoms with Gasteiger partial charge in [-0.05, 0) is 23.6 Å². The number of halogens is 1. The van der Waals surface area contributed by atoms with Crippen LogP contribution in [-0.2, 0) is 0 Å². The van der Waals surface area contributed by atoms with Gasteiger partial charge in [0.2, 0.25) is 0 Å². The summed E-state index contributed by atoms with van der Waals surface area (Å²) in [6.45, 7) is 4.38. The molecule has 0 aliphatic rings. The van der Waals surface area contributed by atoms with E-state index in [1.165, 1.54) is 5.56 Å². The Morgan fingerprint density at radius 3 is 2.38 bits per heavy atom. The van der Waals surface area contributed by atoms with Gasteiger partial charge in [-0.15, -0.1) is 5.10 Å². The van der Waals surface area contributed by atoms with E-state index in [9.17, 15) is 0 Å². The zero-order chi connectivity index (χ0) is 11.5. The Kier molecular flexibility index (Phi) is 3.39. The van der Waals surface area contributed by atoms with Gasteiger partial charge in [-0.2, -0.15) is 0 Å². The summed E-state index contributed by atoms with van der Waals surface area (Å²) >= 11 is 3.45. The van der Waals surface area contributed by atoms with Crippen molar-refractivity contribution in [3.63, 3.8) is 0 Å². The molecule has 1 atom stereocenters. The molecule has 4 heteroatoms. The summed E-state index contributed by atoms with van der Waals surface area (Å²) in [5.74, 6) is 0.475. The summed E-state index contributed by atoms with van der Waals surface area (Å²) in [6.07, 6.45) is 3.63. The second-order valence-corrected chi connectivity index (χ2v) is 5.04. The third-order valence-electron chi connectivity index (χ3n) is 2.57. The molecule has 0 aliphatic carbocycles. The average molecular weight is 280 g/mol. The molecule has 0 saturated heterocycles. The van der Waals surface area contributed by atoms with Gasteiger partial charge < -0.3 is 0 Å². The van der Waals surface area contributed by atoms with Gasteiger partial charge in [0.15, 0.2) is 0 Å². The van der Waals surface area contributed by atoms with E-state index in [1.54, 1.807) is 6.20 Å². The summed E-state index contributed by atoms with van der Waals surface area (Å²) < 4.78 is 3.01. The van der Waals surface area contributed by atoms with Crippen LogP contribution < -0.4 is 0 Å². The topological polar surface area (TPSA) is 30.7 Å². The van der Waals surface area contributed by atoms with Crippen LogP contribution in [-0.4, -0.2) is 15.0 Å². The molecule has 0 N–H and O–H groups in total. The lowest BCUT2D eigenvalue weighted by Crippen LogP contribution is -2.17. The van der Waals surface area contributed by atoms with Crippen molar-refractivity contribution in [2.75, 3.05) is 0 Å². The molecule has 0 aliphatic heterocycles. The normalized spacial score (nSPS) is 13.0. The van der Waals surface area contributed by atoms with E-state index in [0.717, 1.165) is 4.47 Å². The van der Waals surface area contributed by atoms with Gasteiger partial charge >= 0.3 is 0 Å². The van der Waals surface area contributed by atoms with Crippen molar-refractivity contribution < 1.29 is 0 Å². The fourth-order valence-corrected chi connectivity index (χ4v) is 2.13. The van der Waals surface area contributed by atoms with Gasteiger partial charge in [0.25, 0.3) is 0 Å². The fourth-order valence-electron chi connectivity index (χ4n) is 1.87. The highest BCUT2D eigenvalue weighted by Crippen LogP contribution is 2.26.